The van der Waals surface area contributed by atoms with Crippen LogP contribution in [-0.4, -0.2) is 4.98 Å². The first-order valence-corrected chi connectivity index (χ1v) is 5.08. The summed E-state index contributed by atoms with van der Waals surface area (Å²) in [5, 5.41) is 0. The number of oxazole rings is 1. The summed E-state index contributed by atoms with van der Waals surface area (Å²) >= 11 is 0. The first-order valence-electron chi connectivity index (χ1n) is 5.08. The number of benzene rings is 1. The van der Waals surface area contributed by atoms with Gasteiger partial charge in [0.15, 0.2) is 12.0 Å². The molecule has 1 aliphatic carbocycles. The molecule has 1 heterocycles. The lowest BCUT2D eigenvalue weighted by atomic mass is 10.0. The minimum absolute atomic E-state index is 0.879. The van der Waals surface area contributed by atoms with Gasteiger partial charge in [-0.1, -0.05) is 6.07 Å². The lowest BCUT2D eigenvalue weighted by Crippen LogP contribution is -1.95. The number of hydrogen-bond acceptors (Lipinski definition) is 3. The van der Waals surface area contributed by atoms with Crippen molar-refractivity contribution in [1.29, 1.82) is 0 Å². The molecular weight excluding hydrogens is 188 g/mol. The average Bonchev–Trinajstić information content (AvgIpc) is 2.82. The molecule has 0 atom stereocenters. The zero-order valence-corrected chi connectivity index (χ0v) is 8.58. The molecule has 0 spiro atoms. The smallest absolute Gasteiger partial charge is 0.182 e. The van der Waals surface area contributed by atoms with Gasteiger partial charge in [-0.15, -0.1) is 0 Å². The van der Waals surface area contributed by atoms with Gasteiger partial charge in [-0.2, -0.15) is 0 Å². The van der Waals surface area contributed by atoms with Crippen molar-refractivity contribution in [3.05, 3.63) is 35.4 Å². The number of rotatable bonds is 0. The van der Waals surface area contributed by atoms with Crippen LogP contribution in [0.3, 0.4) is 0 Å². The molecule has 2 N–H and O–H groups in total. The fraction of sp³-hybridized carbons (Fsp3) is 0.250. The zero-order chi connectivity index (χ0) is 10.4. The normalized spacial score (nSPS) is 18.2. The van der Waals surface area contributed by atoms with Crippen molar-refractivity contribution in [3.63, 3.8) is 0 Å². The number of aromatic nitrogens is 1. The van der Waals surface area contributed by atoms with Gasteiger partial charge in [0.25, 0.3) is 0 Å². The maximum atomic E-state index is 5.89. The summed E-state index contributed by atoms with van der Waals surface area (Å²) in [4.78, 5) is 4.16. The molecule has 1 aromatic heterocycles. The van der Waals surface area contributed by atoms with Gasteiger partial charge in [-0.25, -0.2) is 4.98 Å². The molecule has 0 saturated heterocycles. The number of aryl methyl sites for hydroxylation is 1. The molecule has 0 saturated carbocycles. The van der Waals surface area contributed by atoms with Crippen molar-refractivity contribution in [3.8, 4) is 0 Å². The lowest BCUT2D eigenvalue weighted by molar-refractivity contribution is 0.601. The van der Waals surface area contributed by atoms with Crippen LogP contribution in [0.2, 0.25) is 0 Å². The van der Waals surface area contributed by atoms with Crippen LogP contribution >= 0.6 is 0 Å². The summed E-state index contributed by atoms with van der Waals surface area (Å²) in [6, 6.07) is 4.13. The fourth-order valence-corrected chi connectivity index (χ4v) is 2.29. The molecule has 15 heavy (non-hydrogen) atoms. The molecule has 1 aromatic carbocycles. The van der Waals surface area contributed by atoms with E-state index in [1.807, 2.05) is 13.0 Å². The minimum atomic E-state index is 0.879. The number of nitrogens with zero attached hydrogens (tertiary/aromatic N) is 1. The third kappa shape index (κ3) is 1.09. The first kappa shape index (κ1) is 8.53. The lowest BCUT2D eigenvalue weighted by Gasteiger charge is -2.03. The van der Waals surface area contributed by atoms with Crippen molar-refractivity contribution in [2.45, 2.75) is 19.8 Å². The largest absolute Gasteiger partial charge is 0.443 e. The summed E-state index contributed by atoms with van der Waals surface area (Å²) in [5.41, 5.74) is 12.3. The summed E-state index contributed by atoms with van der Waals surface area (Å²) in [5.74, 6) is 0. The molecule has 0 unspecified atom stereocenters. The second-order valence-electron chi connectivity index (χ2n) is 3.96. The van der Waals surface area contributed by atoms with Crippen LogP contribution in [0.4, 0.5) is 0 Å². The zero-order valence-electron chi connectivity index (χ0n) is 8.58. The van der Waals surface area contributed by atoms with E-state index >= 15 is 0 Å². The summed E-state index contributed by atoms with van der Waals surface area (Å²) in [6.07, 6.45) is 3.56. The Morgan fingerprint density at radius 2 is 2.27 bits per heavy atom. The number of allylic oxidation sites excluding steroid dienone is 2. The molecular formula is C12H12N2O. The molecule has 3 heteroatoms. The van der Waals surface area contributed by atoms with E-state index in [4.69, 9.17) is 10.2 Å². The van der Waals surface area contributed by atoms with Crippen LogP contribution < -0.4 is 5.73 Å². The van der Waals surface area contributed by atoms with Crippen LogP contribution in [0, 0.1) is 0 Å². The second-order valence-corrected chi connectivity index (χ2v) is 3.96. The molecule has 76 valence electrons. The predicted octanol–water partition coefficient (Wildman–Crippen LogP) is 2.46. The van der Waals surface area contributed by atoms with E-state index < -0.39 is 0 Å². The Bertz CT molecular complexity index is 562. The Balaban J connectivity index is 2.42. The van der Waals surface area contributed by atoms with Gasteiger partial charge in [-0.05, 0) is 37.0 Å². The Hall–Kier alpha value is -1.77. The van der Waals surface area contributed by atoms with Crippen molar-refractivity contribution < 1.29 is 4.42 Å². The van der Waals surface area contributed by atoms with E-state index in [0.29, 0.717) is 0 Å². The van der Waals surface area contributed by atoms with Crippen LogP contribution in [0.15, 0.2) is 28.6 Å². The monoisotopic (exact) mass is 200 g/mol. The van der Waals surface area contributed by atoms with E-state index in [-0.39, 0.29) is 0 Å². The van der Waals surface area contributed by atoms with Crippen LogP contribution in [0.5, 0.6) is 0 Å². The van der Waals surface area contributed by atoms with Crippen molar-refractivity contribution in [2.24, 2.45) is 5.73 Å². The molecule has 0 aliphatic heterocycles. The predicted molar refractivity (Wildman–Crippen MR) is 59.1 cm³/mol. The van der Waals surface area contributed by atoms with Crippen LogP contribution in [0.1, 0.15) is 24.5 Å². The van der Waals surface area contributed by atoms with Crippen molar-refractivity contribution in [1.82, 2.24) is 4.98 Å². The van der Waals surface area contributed by atoms with E-state index in [9.17, 15) is 0 Å². The van der Waals surface area contributed by atoms with Gasteiger partial charge < -0.3 is 10.2 Å². The van der Waals surface area contributed by atoms with Crippen molar-refractivity contribution >= 4 is 16.7 Å². The van der Waals surface area contributed by atoms with E-state index in [2.05, 4.69) is 11.1 Å². The van der Waals surface area contributed by atoms with Gasteiger partial charge in [0.05, 0.1) is 0 Å². The molecule has 1 aliphatic rings. The molecule has 0 fully saturated rings. The number of fused-ring (bicyclic) bond motifs is 3. The number of nitrogens with two attached hydrogens (primary N) is 1. The SMILES string of the molecule is CC(N)=C1CCc2ccc3ncoc3c21. The quantitative estimate of drug-likeness (QED) is 0.710. The van der Waals surface area contributed by atoms with E-state index in [1.54, 1.807) is 0 Å². The third-order valence-electron chi connectivity index (χ3n) is 3.01. The fourth-order valence-electron chi connectivity index (χ4n) is 2.29. The summed E-state index contributed by atoms with van der Waals surface area (Å²) in [6.45, 7) is 1.94. The highest BCUT2D eigenvalue weighted by molar-refractivity contribution is 5.91. The summed E-state index contributed by atoms with van der Waals surface area (Å²) in [7, 11) is 0. The molecule has 3 rings (SSSR count). The highest BCUT2D eigenvalue weighted by Crippen LogP contribution is 2.38. The molecule has 0 amide bonds. The van der Waals surface area contributed by atoms with Gasteiger partial charge in [0.1, 0.15) is 5.52 Å². The highest BCUT2D eigenvalue weighted by Gasteiger charge is 2.22. The molecule has 0 bridgehead atoms. The van der Waals surface area contributed by atoms with Gasteiger partial charge in [0.2, 0.25) is 0 Å². The Morgan fingerprint density at radius 3 is 3.07 bits per heavy atom. The van der Waals surface area contributed by atoms with E-state index in [1.165, 1.54) is 23.1 Å². The Kier molecular flexibility index (Phi) is 1.63. The summed E-state index contributed by atoms with van der Waals surface area (Å²) < 4.78 is 5.44. The van der Waals surface area contributed by atoms with Gasteiger partial charge in [0, 0.05) is 11.3 Å². The maximum absolute atomic E-state index is 5.89. The third-order valence-corrected chi connectivity index (χ3v) is 3.01. The maximum Gasteiger partial charge on any atom is 0.182 e. The van der Waals surface area contributed by atoms with Gasteiger partial charge in [-0.3, -0.25) is 0 Å². The minimum Gasteiger partial charge on any atom is -0.443 e. The first-order chi connectivity index (χ1) is 7.27. The number of hydrogen-bond donors (Lipinski definition) is 1. The molecule has 2 aromatic rings. The molecule has 3 nitrogen and oxygen atoms in total. The second kappa shape index (κ2) is 2.86. The van der Waals surface area contributed by atoms with Crippen LogP contribution in [0.25, 0.3) is 16.7 Å². The van der Waals surface area contributed by atoms with Gasteiger partial charge >= 0.3 is 0 Å². The standard InChI is InChI=1S/C12H12N2O/c1-7(13)9-4-2-8-3-5-10-12(11(8)9)15-6-14-10/h3,5-6H,2,4,13H2,1H3. The van der Waals surface area contributed by atoms with E-state index in [0.717, 1.165) is 29.6 Å². The topological polar surface area (TPSA) is 52.0 Å². The molecule has 0 radical (unpaired) electrons. The highest BCUT2D eigenvalue weighted by atomic mass is 16.3. The van der Waals surface area contributed by atoms with Crippen LogP contribution in [-0.2, 0) is 6.42 Å². The van der Waals surface area contributed by atoms with Crippen molar-refractivity contribution in [2.75, 3.05) is 0 Å². The average molecular weight is 200 g/mol. The Morgan fingerprint density at radius 1 is 1.40 bits per heavy atom. The Labute approximate surface area is 87.6 Å².